The summed E-state index contributed by atoms with van der Waals surface area (Å²) in [5, 5.41) is 6.68. The first-order valence-corrected chi connectivity index (χ1v) is 13.7. The zero-order chi connectivity index (χ0) is 25.6. The van der Waals surface area contributed by atoms with Crippen LogP contribution in [0.5, 0.6) is 0 Å². The van der Waals surface area contributed by atoms with E-state index in [9.17, 15) is 13.2 Å². The van der Waals surface area contributed by atoms with Gasteiger partial charge < -0.3 is 16.4 Å². The molecule has 188 valence electrons. The number of carbonyl (C=O) groups is 1. The largest absolute Gasteiger partial charge is 0.388 e. The number of nitrogens with one attached hydrogen (secondary N) is 3. The van der Waals surface area contributed by atoms with Crippen LogP contribution in [-0.2, 0) is 14.8 Å². The van der Waals surface area contributed by atoms with E-state index < -0.39 is 15.6 Å². The minimum atomic E-state index is -3.89. The van der Waals surface area contributed by atoms with Crippen molar-refractivity contribution < 1.29 is 13.2 Å². The second kappa shape index (κ2) is 11.3. The molecular formula is C25H33N5O3S2. The molecule has 0 aliphatic rings. The molecule has 0 unspecified atom stereocenters. The third-order valence-electron chi connectivity index (χ3n) is 5.05. The van der Waals surface area contributed by atoms with Crippen molar-refractivity contribution in [3.8, 4) is 21.0 Å². The summed E-state index contributed by atoms with van der Waals surface area (Å²) in [6.45, 7) is 5.88. The molecule has 3 rings (SSSR count). The van der Waals surface area contributed by atoms with Gasteiger partial charge in [0.2, 0.25) is 15.9 Å². The fourth-order valence-corrected chi connectivity index (χ4v) is 6.14. The van der Waals surface area contributed by atoms with Crippen molar-refractivity contribution in [3.63, 3.8) is 0 Å². The Morgan fingerprint density at radius 3 is 2.37 bits per heavy atom. The number of nitrogens with two attached hydrogens (primary N) is 1. The standard InChI is InChI=1S/C25H33N5O3S2/c1-25(2,3)30-35(32,33)22-15-19(29-23(31)7-5-6-14-26)12-13-20(22)21-16-28-24(34-21)17-8-10-18(27-4)11-9-17/h8-13,15-16,27,30H,5-7,14,26H2,1-4H3,(H,29,31). The van der Waals surface area contributed by atoms with E-state index in [0.717, 1.165) is 22.7 Å². The summed E-state index contributed by atoms with van der Waals surface area (Å²) in [5.74, 6) is -0.177. The maximum Gasteiger partial charge on any atom is 0.241 e. The van der Waals surface area contributed by atoms with Crippen LogP contribution in [0.3, 0.4) is 0 Å². The maximum absolute atomic E-state index is 13.4. The number of rotatable bonds is 10. The molecule has 0 bridgehead atoms. The predicted octanol–water partition coefficient (Wildman–Crippen LogP) is 4.66. The van der Waals surface area contributed by atoms with Crippen molar-refractivity contribution in [2.45, 2.75) is 50.5 Å². The molecular weight excluding hydrogens is 482 g/mol. The Kier molecular flexibility index (Phi) is 8.65. The van der Waals surface area contributed by atoms with Crippen molar-refractivity contribution in [3.05, 3.63) is 48.7 Å². The Bertz CT molecular complexity index is 1260. The summed E-state index contributed by atoms with van der Waals surface area (Å²) in [6, 6.07) is 12.8. The van der Waals surface area contributed by atoms with E-state index >= 15 is 0 Å². The summed E-state index contributed by atoms with van der Waals surface area (Å²) >= 11 is 1.41. The first-order valence-electron chi connectivity index (χ1n) is 11.4. The third-order valence-corrected chi connectivity index (χ3v) is 7.92. The first kappa shape index (κ1) is 26.8. The molecule has 0 aliphatic heterocycles. The van der Waals surface area contributed by atoms with E-state index in [2.05, 4.69) is 20.3 Å². The SMILES string of the molecule is CNc1ccc(-c2ncc(-c3ccc(NC(=O)CCCCN)cc3S(=O)(=O)NC(C)(C)C)s2)cc1. The number of carbonyl (C=O) groups excluding carboxylic acids is 1. The summed E-state index contributed by atoms with van der Waals surface area (Å²) < 4.78 is 29.5. The Morgan fingerprint density at radius 1 is 1.06 bits per heavy atom. The molecule has 0 fully saturated rings. The van der Waals surface area contributed by atoms with Crippen LogP contribution in [-0.4, -0.2) is 38.4 Å². The number of aromatic nitrogens is 1. The molecule has 0 saturated carbocycles. The van der Waals surface area contributed by atoms with E-state index in [1.165, 1.54) is 17.4 Å². The fraction of sp³-hybridized carbons (Fsp3) is 0.360. The average molecular weight is 516 g/mol. The molecule has 1 heterocycles. The number of amides is 1. The second-order valence-corrected chi connectivity index (χ2v) is 11.9. The lowest BCUT2D eigenvalue weighted by Crippen LogP contribution is -2.40. The molecule has 8 nitrogen and oxygen atoms in total. The lowest BCUT2D eigenvalue weighted by molar-refractivity contribution is -0.116. The van der Waals surface area contributed by atoms with Gasteiger partial charge in [0.05, 0.1) is 9.77 Å². The molecule has 2 aromatic carbocycles. The third kappa shape index (κ3) is 7.35. The molecule has 35 heavy (non-hydrogen) atoms. The van der Waals surface area contributed by atoms with Crippen molar-refractivity contribution in [1.82, 2.24) is 9.71 Å². The van der Waals surface area contributed by atoms with Gasteiger partial charge in [0, 0.05) is 47.7 Å². The van der Waals surface area contributed by atoms with E-state index in [4.69, 9.17) is 5.73 Å². The van der Waals surface area contributed by atoms with Gasteiger partial charge in [0.1, 0.15) is 5.01 Å². The quantitative estimate of drug-likeness (QED) is 0.291. The predicted molar refractivity (Wildman–Crippen MR) is 144 cm³/mol. The normalized spacial score (nSPS) is 11.9. The number of thiazole rings is 1. The highest BCUT2D eigenvalue weighted by molar-refractivity contribution is 7.89. The topological polar surface area (TPSA) is 126 Å². The van der Waals surface area contributed by atoms with Gasteiger partial charge >= 0.3 is 0 Å². The van der Waals surface area contributed by atoms with Gasteiger partial charge in [0.15, 0.2) is 0 Å². The molecule has 1 aromatic heterocycles. The Balaban J connectivity index is 1.98. The highest BCUT2D eigenvalue weighted by Crippen LogP contribution is 2.37. The van der Waals surface area contributed by atoms with Crippen molar-refractivity contribution >= 4 is 38.6 Å². The maximum atomic E-state index is 13.4. The lowest BCUT2D eigenvalue weighted by atomic mass is 10.1. The summed E-state index contributed by atoms with van der Waals surface area (Å²) in [4.78, 5) is 17.6. The molecule has 0 aliphatic carbocycles. The van der Waals surface area contributed by atoms with Gasteiger partial charge in [-0.25, -0.2) is 18.1 Å². The summed E-state index contributed by atoms with van der Waals surface area (Å²) in [6.07, 6.45) is 3.44. The van der Waals surface area contributed by atoms with Crippen LogP contribution in [0.4, 0.5) is 11.4 Å². The average Bonchev–Trinajstić information content (AvgIpc) is 3.28. The number of hydrogen-bond donors (Lipinski definition) is 4. The van der Waals surface area contributed by atoms with Crippen LogP contribution < -0.4 is 21.1 Å². The molecule has 0 saturated heterocycles. The highest BCUT2D eigenvalue weighted by atomic mass is 32.2. The Morgan fingerprint density at radius 2 is 1.74 bits per heavy atom. The number of sulfonamides is 1. The number of benzene rings is 2. The van der Waals surface area contributed by atoms with Crippen LogP contribution in [0.25, 0.3) is 21.0 Å². The zero-order valence-electron chi connectivity index (χ0n) is 20.5. The van der Waals surface area contributed by atoms with Gasteiger partial charge in [-0.05, 0) is 76.6 Å². The Hall–Kier alpha value is -2.79. The van der Waals surface area contributed by atoms with Gasteiger partial charge in [-0.3, -0.25) is 4.79 Å². The molecule has 0 radical (unpaired) electrons. The lowest BCUT2D eigenvalue weighted by Gasteiger charge is -2.22. The van der Waals surface area contributed by atoms with Crippen molar-refractivity contribution in [1.29, 1.82) is 0 Å². The van der Waals surface area contributed by atoms with Crippen LogP contribution in [0, 0.1) is 0 Å². The zero-order valence-corrected chi connectivity index (χ0v) is 22.1. The molecule has 0 atom stereocenters. The molecule has 10 heteroatoms. The molecule has 3 aromatic rings. The van der Waals surface area contributed by atoms with E-state index in [1.807, 2.05) is 31.3 Å². The van der Waals surface area contributed by atoms with Crippen molar-refractivity contribution in [2.24, 2.45) is 5.73 Å². The van der Waals surface area contributed by atoms with Gasteiger partial charge in [0.25, 0.3) is 0 Å². The summed E-state index contributed by atoms with van der Waals surface area (Å²) in [7, 11) is -2.03. The number of hydrogen-bond acceptors (Lipinski definition) is 7. The van der Waals surface area contributed by atoms with Crippen LogP contribution in [0.15, 0.2) is 53.6 Å². The minimum absolute atomic E-state index is 0.0907. The molecule has 5 N–H and O–H groups in total. The van der Waals surface area contributed by atoms with Crippen LogP contribution in [0.2, 0.25) is 0 Å². The monoisotopic (exact) mass is 515 g/mol. The highest BCUT2D eigenvalue weighted by Gasteiger charge is 2.26. The van der Waals surface area contributed by atoms with Crippen LogP contribution in [0.1, 0.15) is 40.0 Å². The van der Waals surface area contributed by atoms with Crippen LogP contribution >= 0.6 is 11.3 Å². The smallest absolute Gasteiger partial charge is 0.241 e. The van der Waals surface area contributed by atoms with Gasteiger partial charge in [-0.2, -0.15) is 0 Å². The second-order valence-electron chi connectivity index (χ2n) is 9.22. The van der Waals surface area contributed by atoms with E-state index in [1.54, 1.807) is 39.1 Å². The van der Waals surface area contributed by atoms with Gasteiger partial charge in [-0.1, -0.05) is 6.07 Å². The number of anilines is 2. The van der Waals surface area contributed by atoms with Crippen molar-refractivity contribution in [2.75, 3.05) is 24.2 Å². The first-order chi connectivity index (χ1) is 16.5. The minimum Gasteiger partial charge on any atom is -0.388 e. The fourth-order valence-electron chi connectivity index (χ4n) is 3.45. The Labute approximate surface area is 211 Å². The van der Waals surface area contributed by atoms with E-state index in [-0.39, 0.29) is 10.8 Å². The van der Waals surface area contributed by atoms with E-state index in [0.29, 0.717) is 35.5 Å². The van der Waals surface area contributed by atoms with Gasteiger partial charge in [-0.15, -0.1) is 11.3 Å². The number of nitrogens with zero attached hydrogens (tertiary/aromatic N) is 1. The number of unbranched alkanes of at least 4 members (excludes halogenated alkanes) is 1. The molecule has 0 spiro atoms. The summed E-state index contributed by atoms with van der Waals surface area (Å²) in [5.41, 5.74) is 7.71. The molecule has 1 amide bonds.